The summed E-state index contributed by atoms with van der Waals surface area (Å²) in [6.07, 6.45) is 11.3. The summed E-state index contributed by atoms with van der Waals surface area (Å²) in [5, 5.41) is 3.68. The van der Waals surface area contributed by atoms with Crippen LogP contribution in [0.25, 0.3) is 0 Å². The van der Waals surface area contributed by atoms with Gasteiger partial charge in [-0.05, 0) is 43.9 Å². The van der Waals surface area contributed by atoms with Crippen molar-refractivity contribution in [2.45, 2.75) is 57.9 Å². The molecule has 17 heavy (non-hydrogen) atoms. The Morgan fingerprint density at radius 3 is 2.65 bits per heavy atom. The fourth-order valence-corrected chi connectivity index (χ4v) is 2.91. The van der Waals surface area contributed by atoms with E-state index in [9.17, 15) is 0 Å². The third-order valence-electron chi connectivity index (χ3n) is 3.84. The molecule has 96 valence electrons. The lowest BCUT2D eigenvalue weighted by atomic mass is 9.90. The highest BCUT2D eigenvalue weighted by atomic mass is 16.3. The van der Waals surface area contributed by atoms with E-state index >= 15 is 0 Å². The molecule has 1 unspecified atom stereocenters. The molecule has 1 aromatic heterocycles. The van der Waals surface area contributed by atoms with Gasteiger partial charge in [0.15, 0.2) is 0 Å². The second-order valence-electron chi connectivity index (χ2n) is 5.20. The maximum absolute atomic E-state index is 5.62. The third kappa shape index (κ3) is 3.60. The Morgan fingerprint density at radius 1 is 1.29 bits per heavy atom. The van der Waals surface area contributed by atoms with Crippen LogP contribution < -0.4 is 5.32 Å². The van der Waals surface area contributed by atoms with E-state index in [1.807, 2.05) is 6.07 Å². The lowest BCUT2D eigenvalue weighted by molar-refractivity contribution is 0.284. The third-order valence-corrected chi connectivity index (χ3v) is 3.84. The summed E-state index contributed by atoms with van der Waals surface area (Å²) in [5.41, 5.74) is 0. The number of furan rings is 1. The van der Waals surface area contributed by atoms with Gasteiger partial charge in [0.25, 0.3) is 0 Å². The lowest BCUT2D eigenvalue weighted by Crippen LogP contribution is -2.28. The fraction of sp³-hybridized carbons (Fsp3) is 0.733. The lowest BCUT2D eigenvalue weighted by Gasteiger charge is -2.25. The maximum Gasteiger partial charge on any atom is 0.120 e. The monoisotopic (exact) mass is 235 g/mol. The van der Waals surface area contributed by atoms with Crippen LogP contribution in [0.4, 0.5) is 0 Å². The molecular formula is C15H25NO. The van der Waals surface area contributed by atoms with E-state index in [-0.39, 0.29) is 0 Å². The second kappa shape index (κ2) is 6.85. The number of nitrogens with one attached hydrogen (secondary N) is 1. The Labute approximate surface area is 105 Å². The van der Waals surface area contributed by atoms with Crippen LogP contribution in [-0.2, 0) is 0 Å². The van der Waals surface area contributed by atoms with Crippen molar-refractivity contribution >= 4 is 0 Å². The van der Waals surface area contributed by atoms with Gasteiger partial charge in [0, 0.05) is 0 Å². The number of hydrogen-bond donors (Lipinski definition) is 1. The zero-order valence-electron chi connectivity index (χ0n) is 11.0. The quantitative estimate of drug-likeness (QED) is 0.770. The minimum absolute atomic E-state index is 0.433. The minimum Gasteiger partial charge on any atom is -0.468 e. The van der Waals surface area contributed by atoms with E-state index in [2.05, 4.69) is 18.3 Å². The van der Waals surface area contributed by atoms with Crippen molar-refractivity contribution in [2.24, 2.45) is 5.92 Å². The summed E-state index contributed by atoms with van der Waals surface area (Å²) in [6.45, 7) is 3.31. The molecular weight excluding hydrogens is 210 g/mol. The van der Waals surface area contributed by atoms with E-state index in [0.29, 0.717) is 6.04 Å². The van der Waals surface area contributed by atoms with Crippen LogP contribution in [0, 0.1) is 5.92 Å². The van der Waals surface area contributed by atoms with Crippen LogP contribution in [0.15, 0.2) is 22.8 Å². The predicted molar refractivity (Wildman–Crippen MR) is 70.9 cm³/mol. The summed E-state index contributed by atoms with van der Waals surface area (Å²) >= 11 is 0. The van der Waals surface area contributed by atoms with E-state index in [1.54, 1.807) is 6.26 Å². The molecule has 1 aliphatic carbocycles. The molecule has 2 nitrogen and oxygen atoms in total. The Hall–Kier alpha value is -0.760. The zero-order chi connectivity index (χ0) is 11.9. The van der Waals surface area contributed by atoms with Crippen LogP contribution in [-0.4, -0.2) is 6.54 Å². The maximum atomic E-state index is 5.62. The van der Waals surface area contributed by atoms with Gasteiger partial charge in [0.1, 0.15) is 5.76 Å². The summed E-state index contributed by atoms with van der Waals surface area (Å²) in [7, 11) is 0. The molecule has 0 amide bonds. The molecule has 0 saturated heterocycles. The molecule has 1 fully saturated rings. The van der Waals surface area contributed by atoms with Crippen LogP contribution in [0.1, 0.15) is 63.7 Å². The van der Waals surface area contributed by atoms with Crippen molar-refractivity contribution in [2.75, 3.05) is 6.54 Å². The summed E-state index contributed by atoms with van der Waals surface area (Å²) in [5.74, 6) is 1.89. The van der Waals surface area contributed by atoms with Gasteiger partial charge in [-0.2, -0.15) is 0 Å². The molecule has 0 radical (unpaired) electrons. The highest BCUT2D eigenvalue weighted by molar-refractivity contribution is 5.06. The van der Waals surface area contributed by atoms with E-state index in [0.717, 1.165) is 18.2 Å². The normalized spacial score (nSPS) is 20.1. The average Bonchev–Trinajstić information content (AvgIpc) is 2.73. The molecule has 0 spiro atoms. The first-order valence-corrected chi connectivity index (χ1v) is 7.18. The second-order valence-corrected chi connectivity index (χ2v) is 5.20. The van der Waals surface area contributed by atoms with Crippen molar-refractivity contribution in [3.8, 4) is 0 Å². The van der Waals surface area contributed by atoms with Crippen LogP contribution in [0.2, 0.25) is 0 Å². The van der Waals surface area contributed by atoms with Gasteiger partial charge in [-0.3, -0.25) is 0 Å². The van der Waals surface area contributed by atoms with Crippen molar-refractivity contribution in [3.05, 3.63) is 24.2 Å². The number of rotatable bonds is 5. The summed E-state index contributed by atoms with van der Waals surface area (Å²) in [6, 6.07) is 4.56. The first-order valence-electron chi connectivity index (χ1n) is 7.18. The van der Waals surface area contributed by atoms with Gasteiger partial charge in [0.05, 0.1) is 12.3 Å². The molecule has 1 N–H and O–H groups in total. The van der Waals surface area contributed by atoms with Gasteiger partial charge in [-0.1, -0.05) is 32.6 Å². The van der Waals surface area contributed by atoms with E-state index in [4.69, 9.17) is 4.42 Å². The average molecular weight is 235 g/mol. The molecule has 1 atom stereocenters. The summed E-state index contributed by atoms with van der Waals surface area (Å²) < 4.78 is 5.62. The highest BCUT2D eigenvalue weighted by Crippen LogP contribution is 2.33. The molecule has 1 aliphatic rings. The van der Waals surface area contributed by atoms with Gasteiger partial charge in [0.2, 0.25) is 0 Å². The molecule has 1 saturated carbocycles. The van der Waals surface area contributed by atoms with Gasteiger partial charge < -0.3 is 9.73 Å². The largest absolute Gasteiger partial charge is 0.468 e. The molecule has 2 heteroatoms. The van der Waals surface area contributed by atoms with Crippen molar-refractivity contribution < 1.29 is 4.42 Å². The topological polar surface area (TPSA) is 25.2 Å². The highest BCUT2D eigenvalue weighted by Gasteiger charge is 2.25. The molecule has 0 bridgehead atoms. The SMILES string of the molecule is CCCNC(c1ccco1)C1CCCCCC1. The van der Waals surface area contributed by atoms with Gasteiger partial charge >= 0.3 is 0 Å². The van der Waals surface area contributed by atoms with Gasteiger partial charge in [-0.25, -0.2) is 0 Å². The zero-order valence-corrected chi connectivity index (χ0v) is 11.0. The van der Waals surface area contributed by atoms with Crippen molar-refractivity contribution in [3.63, 3.8) is 0 Å². The Bertz CT molecular complexity index is 286. The predicted octanol–water partition coefficient (Wildman–Crippen LogP) is 4.29. The standard InChI is InChI=1S/C15H25NO/c1-2-11-16-15(14-10-7-12-17-14)13-8-5-3-4-6-9-13/h7,10,12-13,15-16H,2-6,8-9,11H2,1H3. The van der Waals surface area contributed by atoms with E-state index in [1.165, 1.54) is 44.9 Å². The van der Waals surface area contributed by atoms with Crippen molar-refractivity contribution in [1.29, 1.82) is 0 Å². The van der Waals surface area contributed by atoms with Gasteiger partial charge in [-0.15, -0.1) is 0 Å². The first kappa shape index (κ1) is 12.7. The minimum atomic E-state index is 0.433. The molecule has 2 rings (SSSR count). The van der Waals surface area contributed by atoms with Crippen LogP contribution >= 0.6 is 0 Å². The van der Waals surface area contributed by atoms with Crippen LogP contribution in [0.5, 0.6) is 0 Å². The molecule has 0 aromatic carbocycles. The Balaban J connectivity index is 2.02. The molecule has 1 aromatic rings. The Kier molecular flexibility index (Phi) is 5.11. The Morgan fingerprint density at radius 2 is 2.06 bits per heavy atom. The fourth-order valence-electron chi connectivity index (χ4n) is 2.91. The smallest absolute Gasteiger partial charge is 0.120 e. The molecule has 0 aliphatic heterocycles. The number of hydrogen-bond acceptors (Lipinski definition) is 2. The van der Waals surface area contributed by atoms with Crippen LogP contribution in [0.3, 0.4) is 0 Å². The molecule has 1 heterocycles. The van der Waals surface area contributed by atoms with Crippen molar-refractivity contribution in [1.82, 2.24) is 5.32 Å². The first-order chi connectivity index (χ1) is 8.42. The summed E-state index contributed by atoms with van der Waals surface area (Å²) in [4.78, 5) is 0. The van der Waals surface area contributed by atoms with E-state index < -0.39 is 0 Å².